The van der Waals surface area contributed by atoms with Gasteiger partial charge in [-0.2, -0.15) is 0 Å². The van der Waals surface area contributed by atoms with Gasteiger partial charge < -0.3 is 9.80 Å². The fraction of sp³-hybridized carbons (Fsp3) is 0.400. The maximum atomic E-state index is 13.1. The number of aromatic nitrogens is 2. The van der Waals surface area contributed by atoms with Crippen molar-refractivity contribution >= 4 is 17.5 Å². The second kappa shape index (κ2) is 6.20. The normalized spacial score (nSPS) is 18.1. The number of likely N-dealkylation sites (tertiary alicyclic amines) is 1. The van der Waals surface area contributed by atoms with E-state index < -0.39 is 0 Å². The van der Waals surface area contributed by atoms with Gasteiger partial charge >= 0.3 is 0 Å². The summed E-state index contributed by atoms with van der Waals surface area (Å²) >= 11 is 0. The zero-order chi connectivity index (χ0) is 18.3. The van der Waals surface area contributed by atoms with Crippen LogP contribution in [0, 0.1) is 6.92 Å². The van der Waals surface area contributed by atoms with Crippen molar-refractivity contribution in [3.05, 3.63) is 53.6 Å². The van der Waals surface area contributed by atoms with Crippen molar-refractivity contribution in [2.24, 2.45) is 0 Å². The Labute approximate surface area is 152 Å². The molecule has 2 amide bonds. The molecular weight excluding hydrogens is 328 g/mol. The minimum absolute atomic E-state index is 0.0921. The SMILES string of the molecule is CC(=O)N1CCC2(CC1)CN(C(=O)c1cnccn1)c1ccc(C)cc12. The molecule has 3 heterocycles. The van der Waals surface area contributed by atoms with Gasteiger partial charge in [0.05, 0.1) is 6.20 Å². The highest BCUT2D eigenvalue weighted by atomic mass is 16.2. The molecule has 2 aliphatic heterocycles. The number of carbonyl (C=O) groups is 2. The van der Waals surface area contributed by atoms with Crippen LogP contribution in [0.2, 0.25) is 0 Å². The lowest BCUT2D eigenvalue weighted by Crippen LogP contribution is -2.47. The van der Waals surface area contributed by atoms with E-state index in [0.717, 1.165) is 31.6 Å². The van der Waals surface area contributed by atoms with Crippen LogP contribution in [-0.4, -0.2) is 46.3 Å². The molecule has 0 aliphatic carbocycles. The molecule has 1 spiro atoms. The Morgan fingerprint density at radius 3 is 2.58 bits per heavy atom. The summed E-state index contributed by atoms with van der Waals surface area (Å²) in [6.45, 7) is 5.79. The molecule has 1 saturated heterocycles. The number of nitrogens with zero attached hydrogens (tertiary/aromatic N) is 4. The average molecular weight is 350 g/mol. The summed E-state index contributed by atoms with van der Waals surface area (Å²) in [5.74, 6) is 0.00359. The third-order valence-corrected chi connectivity index (χ3v) is 5.67. The molecule has 1 aromatic heterocycles. The van der Waals surface area contributed by atoms with E-state index in [1.807, 2.05) is 21.9 Å². The lowest BCUT2D eigenvalue weighted by atomic mass is 9.74. The predicted molar refractivity (Wildman–Crippen MR) is 98.1 cm³/mol. The Hall–Kier alpha value is -2.76. The molecular formula is C20H22N4O2. The summed E-state index contributed by atoms with van der Waals surface area (Å²) < 4.78 is 0. The molecule has 0 saturated carbocycles. The largest absolute Gasteiger partial charge is 0.343 e. The summed E-state index contributed by atoms with van der Waals surface area (Å²) in [4.78, 5) is 36.7. The minimum atomic E-state index is -0.117. The van der Waals surface area contributed by atoms with Gasteiger partial charge in [-0.3, -0.25) is 14.6 Å². The van der Waals surface area contributed by atoms with Crippen LogP contribution in [0.4, 0.5) is 5.69 Å². The van der Waals surface area contributed by atoms with Crippen molar-refractivity contribution in [1.82, 2.24) is 14.9 Å². The maximum Gasteiger partial charge on any atom is 0.278 e. The Morgan fingerprint density at radius 2 is 1.92 bits per heavy atom. The fourth-order valence-corrected chi connectivity index (χ4v) is 4.19. The molecule has 1 aromatic carbocycles. The van der Waals surface area contributed by atoms with Crippen LogP contribution < -0.4 is 4.90 Å². The second-order valence-corrected chi connectivity index (χ2v) is 7.29. The number of rotatable bonds is 1. The third kappa shape index (κ3) is 2.66. The first-order chi connectivity index (χ1) is 12.5. The summed E-state index contributed by atoms with van der Waals surface area (Å²) in [5, 5.41) is 0. The number of carbonyl (C=O) groups excluding carboxylic acids is 2. The number of piperidine rings is 1. The van der Waals surface area contributed by atoms with Gasteiger partial charge in [0, 0.05) is 50.1 Å². The van der Waals surface area contributed by atoms with Gasteiger partial charge in [0.25, 0.3) is 5.91 Å². The van der Waals surface area contributed by atoms with Crippen molar-refractivity contribution in [2.75, 3.05) is 24.5 Å². The molecule has 134 valence electrons. The zero-order valence-electron chi connectivity index (χ0n) is 15.1. The smallest absolute Gasteiger partial charge is 0.278 e. The monoisotopic (exact) mass is 350 g/mol. The first kappa shape index (κ1) is 16.7. The zero-order valence-corrected chi connectivity index (χ0v) is 15.1. The second-order valence-electron chi connectivity index (χ2n) is 7.29. The van der Waals surface area contributed by atoms with Gasteiger partial charge in [-0.05, 0) is 31.4 Å². The summed E-state index contributed by atoms with van der Waals surface area (Å²) in [7, 11) is 0. The van der Waals surface area contributed by atoms with Crippen molar-refractivity contribution in [3.63, 3.8) is 0 Å². The molecule has 6 nitrogen and oxygen atoms in total. The van der Waals surface area contributed by atoms with Crippen LogP contribution in [-0.2, 0) is 10.2 Å². The molecule has 0 bridgehead atoms. The van der Waals surface area contributed by atoms with Gasteiger partial charge in [-0.25, -0.2) is 4.98 Å². The van der Waals surface area contributed by atoms with E-state index in [9.17, 15) is 9.59 Å². The number of anilines is 1. The van der Waals surface area contributed by atoms with E-state index in [0.29, 0.717) is 12.2 Å². The Bertz CT molecular complexity index is 857. The maximum absolute atomic E-state index is 13.1. The van der Waals surface area contributed by atoms with Gasteiger partial charge in [-0.1, -0.05) is 17.7 Å². The number of benzene rings is 1. The van der Waals surface area contributed by atoms with Crippen LogP contribution >= 0.6 is 0 Å². The summed E-state index contributed by atoms with van der Waals surface area (Å²) in [6.07, 6.45) is 6.36. The predicted octanol–water partition coefficient (Wildman–Crippen LogP) is 2.33. The molecule has 0 N–H and O–H groups in total. The van der Waals surface area contributed by atoms with Crippen LogP contribution in [0.15, 0.2) is 36.8 Å². The van der Waals surface area contributed by atoms with E-state index in [-0.39, 0.29) is 17.2 Å². The van der Waals surface area contributed by atoms with Crippen LogP contribution in [0.3, 0.4) is 0 Å². The first-order valence-corrected chi connectivity index (χ1v) is 8.95. The Morgan fingerprint density at radius 1 is 1.15 bits per heavy atom. The van der Waals surface area contributed by atoms with Crippen LogP contribution in [0.25, 0.3) is 0 Å². The van der Waals surface area contributed by atoms with E-state index in [4.69, 9.17) is 0 Å². The topological polar surface area (TPSA) is 66.4 Å². The number of hydrogen-bond donors (Lipinski definition) is 0. The molecule has 1 fully saturated rings. The fourth-order valence-electron chi connectivity index (χ4n) is 4.19. The summed E-state index contributed by atoms with van der Waals surface area (Å²) in [5.41, 5.74) is 3.63. The molecule has 4 rings (SSSR count). The highest BCUT2D eigenvalue weighted by Gasteiger charge is 2.47. The van der Waals surface area contributed by atoms with E-state index in [1.54, 1.807) is 19.3 Å². The number of hydrogen-bond acceptors (Lipinski definition) is 4. The molecule has 0 atom stereocenters. The molecule has 26 heavy (non-hydrogen) atoms. The van der Waals surface area contributed by atoms with Crippen molar-refractivity contribution < 1.29 is 9.59 Å². The van der Waals surface area contributed by atoms with E-state index in [2.05, 4.69) is 23.0 Å². The average Bonchev–Trinajstić information content (AvgIpc) is 2.96. The third-order valence-electron chi connectivity index (χ3n) is 5.67. The standard InChI is InChI=1S/C20H22N4O2/c1-14-3-4-18-16(11-14)20(5-9-23(10-6-20)15(2)25)13-24(18)19(26)17-12-21-7-8-22-17/h3-4,7-8,11-12H,5-6,9-10,13H2,1-2H3. The highest BCUT2D eigenvalue weighted by molar-refractivity contribution is 6.06. The molecule has 0 unspecified atom stereocenters. The van der Waals surface area contributed by atoms with Gasteiger partial charge in [0.15, 0.2) is 0 Å². The number of amides is 2. The molecule has 2 aliphatic rings. The quantitative estimate of drug-likeness (QED) is 0.792. The van der Waals surface area contributed by atoms with Crippen molar-refractivity contribution in [2.45, 2.75) is 32.1 Å². The number of aryl methyl sites for hydroxylation is 1. The molecule has 6 heteroatoms. The lowest BCUT2D eigenvalue weighted by molar-refractivity contribution is -0.130. The van der Waals surface area contributed by atoms with Crippen LogP contribution in [0.1, 0.15) is 41.4 Å². The lowest BCUT2D eigenvalue weighted by Gasteiger charge is -2.39. The first-order valence-electron chi connectivity index (χ1n) is 8.95. The molecule has 0 radical (unpaired) electrons. The Kier molecular flexibility index (Phi) is 3.98. The number of fused-ring (bicyclic) bond motifs is 2. The highest BCUT2D eigenvalue weighted by Crippen LogP contribution is 2.47. The summed E-state index contributed by atoms with van der Waals surface area (Å²) in [6, 6.07) is 6.27. The van der Waals surface area contributed by atoms with E-state index in [1.165, 1.54) is 17.3 Å². The molecule has 2 aromatic rings. The van der Waals surface area contributed by atoms with Crippen molar-refractivity contribution in [1.29, 1.82) is 0 Å². The van der Waals surface area contributed by atoms with Crippen LogP contribution in [0.5, 0.6) is 0 Å². The van der Waals surface area contributed by atoms with E-state index >= 15 is 0 Å². The Balaban J connectivity index is 1.70. The van der Waals surface area contributed by atoms with Gasteiger partial charge in [0.1, 0.15) is 5.69 Å². The van der Waals surface area contributed by atoms with Crippen molar-refractivity contribution in [3.8, 4) is 0 Å². The minimum Gasteiger partial charge on any atom is -0.343 e. The van der Waals surface area contributed by atoms with Gasteiger partial charge in [-0.15, -0.1) is 0 Å². The van der Waals surface area contributed by atoms with Gasteiger partial charge in [0.2, 0.25) is 5.91 Å².